The Kier molecular flexibility index (Phi) is 6.18. The number of amides is 1. The van der Waals surface area contributed by atoms with Crippen LogP contribution in [0.25, 0.3) is 6.08 Å². The minimum absolute atomic E-state index is 0.155. The van der Waals surface area contributed by atoms with E-state index >= 15 is 0 Å². The van der Waals surface area contributed by atoms with Crippen molar-refractivity contribution in [3.05, 3.63) is 65.4 Å². The molecule has 27 heavy (non-hydrogen) atoms. The van der Waals surface area contributed by atoms with E-state index < -0.39 is 0 Å². The lowest BCUT2D eigenvalue weighted by molar-refractivity contribution is -0.116. The van der Waals surface area contributed by atoms with Crippen molar-refractivity contribution in [3.8, 4) is 6.07 Å². The van der Waals surface area contributed by atoms with Gasteiger partial charge in [0, 0.05) is 45.0 Å². The summed E-state index contributed by atoms with van der Waals surface area (Å²) < 4.78 is 0. The summed E-state index contributed by atoms with van der Waals surface area (Å²) in [6, 6.07) is 13.1. The molecule has 0 unspecified atom stereocenters. The second-order valence-electron chi connectivity index (χ2n) is 6.60. The molecular formula is C21H23N5O. The summed E-state index contributed by atoms with van der Waals surface area (Å²) in [5.41, 5.74) is 2.51. The number of anilines is 1. The minimum atomic E-state index is -0.155. The lowest BCUT2D eigenvalue weighted by atomic mass is 10.1. The van der Waals surface area contributed by atoms with Gasteiger partial charge >= 0.3 is 0 Å². The fourth-order valence-corrected chi connectivity index (χ4v) is 2.87. The highest BCUT2D eigenvalue weighted by atomic mass is 16.1. The Morgan fingerprint density at radius 1 is 1.22 bits per heavy atom. The Labute approximate surface area is 159 Å². The van der Waals surface area contributed by atoms with Crippen molar-refractivity contribution in [1.82, 2.24) is 15.2 Å². The largest absolute Gasteiger partial charge is 0.354 e. The lowest BCUT2D eigenvalue weighted by Gasteiger charge is -2.33. The fraction of sp³-hybridized carbons (Fsp3) is 0.286. The van der Waals surface area contributed by atoms with Gasteiger partial charge in [-0.05, 0) is 48.5 Å². The van der Waals surface area contributed by atoms with Crippen LogP contribution >= 0.6 is 0 Å². The molecule has 0 spiro atoms. The van der Waals surface area contributed by atoms with Gasteiger partial charge in [-0.2, -0.15) is 5.26 Å². The summed E-state index contributed by atoms with van der Waals surface area (Å²) in [5, 5.41) is 11.7. The number of likely N-dealkylation sites (N-methyl/N-ethyl adjacent to an activating group) is 1. The molecule has 0 radical (unpaired) electrons. The van der Waals surface area contributed by atoms with Crippen LogP contribution < -0.4 is 10.2 Å². The van der Waals surface area contributed by atoms with Crippen molar-refractivity contribution in [2.24, 2.45) is 0 Å². The van der Waals surface area contributed by atoms with Gasteiger partial charge < -0.3 is 15.1 Å². The summed E-state index contributed by atoms with van der Waals surface area (Å²) in [6.45, 7) is 4.45. The zero-order valence-corrected chi connectivity index (χ0v) is 15.4. The predicted molar refractivity (Wildman–Crippen MR) is 106 cm³/mol. The number of aromatic nitrogens is 1. The van der Waals surface area contributed by atoms with Gasteiger partial charge in [-0.3, -0.25) is 4.79 Å². The number of rotatable bonds is 5. The second kappa shape index (κ2) is 8.97. The van der Waals surface area contributed by atoms with E-state index in [4.69, 9.17) is 5.26 Å². The van der Waals surface area contributed by atoms with Crippen molar-refractivity contribution < 1.29 is 4.79 Å². The second-order valence-corrected chi connectivity index (χ2v) is 6.60. The maximum absolute atomic E-state index is 12.1. The normalized spacial score (nSPS) is 14.9. The van der Waals surface area contributed by atoms with Crippen LogP contribution in [0.1, 0.15) is 16.7 Å². The lowest BCUT2D eigenvalue weighted by Crippen LogP contribution is -2.44. The van der Waals surface area contributed by atoms with Crippen LogP contribution in [0.5, 0.6) is 0 Å². The highest BCUT2D eigenvalue weighted by molar-refractivity contribution is 5.91. The van der Waals surface area contributed by atoms with Crippen LogP contribution in [-0.2, 0) is 11.3 Å². The van der Waals surface area contributed by atoms with Crippen molar-refractivity contribution in [3.63, 3.8) is 0 Å². The summed E-state index contributed by atoms with van der Waals surface area (Å²) in [4.78, 5) is 21.1. The minimum Gasteiger partial charge on any atom is -0.354 e. The van der Waals surface area contributed by atoms with Gasteiger partial charge in [-0.1, -0.05) is 12.1 Å². The van der Waals surface area contributed by atoms with E-state index in [1.807, 2.05) is 24.3 Å². The highest BCUT2D eigenvalue weighted by Crippen LogP contribution is 2.14. The van der Waals surface area contributed by atoms with Crippen LogP contribution in [0.2, 0.25) is 0 Å². The van der Waals surface area contributed by atoms with Gasteiger partial charge in [0.1, 0.15) is 5.82 Å². The van der Waals surface area contributed by atoms with E-state index in [0.717, 1.165) is 43.1 Å². The van der Waals surface area contributed by atoms with Crippen LogP contribution in [0.3, 0.4) is 0 Å². The molecule has 1 saturated heterocycles. The third-order valence-electron chi connectivity index (χ3n) is 4.57. The van der Waals surface area contributed by atoms with Crippen LogP contribution in [0.4, 0.5) is 5.82 Å². The molecule has 0 saturated carbocycles. The van der Waals surface area contributed by atoms with Gasteiger partial charge in [0.2, 0.25) is 5.91 Å². The monoisotopic (exact) mass is 361 g/mol. The number of benzene rings is 1. The molecule has 1 aromatic carbocycles. The topological polar surface area (TPSA) is 72.3 Å². The first-order valence-corrected chi connectivity index (χ1v) is 8.98. The number of hydrogen-bond donors (Lipinski definition) is 1. The summed E-state index contributed by atoms with van der Waals surface area (Å²) >= 11 is 0. The quantitative estimate of drug-likeness (QED) is 0.825. The number of pyridine rings is 1. The molecular weight excluding hydrogens is 338 g/mol. The van der Waals surface area contributed by atoms with Crippen LogP contribution in [-0.4, -0.2) is 49.0 Å². The van der Waals surface area contributed by atoms with Gasteiger partial charge in [0.15, 0.2) is 0 Å². The number of piperazine rings is 1. The summed E-state index contributed by atoms with van der Waals surface area (Å²) in [6.07, 6.45) is 5.03. The molecule has 0 aliphatic carbocycles. The summed E-state index contributed by atoms with van der Waals surface area (Å²) in [7, 11) is 2.13. The third kappa shape index (κ3) is 5.40. The van der Waals surface area contributed by atoms with Crippen molar-refractivity contribution in [2.75, 3.05) is 38.1 Å². The van der Waals surface area contributed by atoms with Gasteiger partial charge in [-0.15, -0.1) is 0 Å². The smallest absolute Gasteiger partial charge is 0.244 e. The van der Waals surface area contributed by atoms with Crippen LogP contribution in [0.15, 0.2) is 48.7 Å². The van der Waals surface area contributed by atoms with E-state index in [9.17, 15) is 4.79 Å². The van der Waals surface area contributed by atoms with Gasteiger partial charge in [0.25, 0.3) is 0 Å². The number of carbonyl (C=O) groups excluding carboxylic acids is 1. The van der Waals surface area contributed by atoms with Gasteiger partial charge in [0.05, 0.1) is 11.6 Å². The van der Waals surface area contributed by atoms with E-state index in [2.05, 4.69) is 33.2 Å². The van der Waals surface area contributed by atoms with E-state index in [1.165, 1.54) is 6.08 Å². The molecule has 1 N–H and O–H groups in total. The maximum atomic E-state index is 12.1. The van der Waals surface area contributed by atoms with Gasteiger partial charge in [-0.25, -0.2) is 4.98 Å². The molecule has 2 heterocycles. The first-order valence-electron chi connectivity index (χ1n) is 8.98. The van der Waals surface area contributed by atoms with Crippen molar-refractivity contribution in [1.29, 1.82) is 5.26 Å². The Bertz CT molecular complexity index is 846. The first kappa shape index (κ1) is 18.6. The van der Waals surface area contributed by atoms with Crippen molar-refractivity contribution in [2.45, 2.75) is 6.54 Å². The average Bonchev–Trinajstić information content (AvgIpc) is 2.72. The Balaban J connectivity index is 1.53. The molecule has 1 aromatic heterocycles. The average molecular weight is 361 g/mol. The standard InChI is InChI=1S/C21H23N5O/c1-25-10-12-26(13-11-25)20-14-19(8-9-23-20)16-24-21(27)7-6-17-2-4-18(15-22)5-3-17/h2-9,14H,10-13,16H2,1H3,(H,24,27). The first-order chi connectivity index (χ1) is 13.1. The zero-order valence-electron chi connectivity index (χ0n) is 15.4. The number of nitrogens with zero attached hydrogens (tertiary/aromatic N) is 4. The molecule has 6 heteroatoms. The third-order valence-corrected chi connectivity index (χ3v) is 4.57. The zero-order chi connectivity index (χ0) is 19.1. The molecule has 0 atom stereocenters. The number of nitriles is 1. The van der Waals surface area contributed by atoms with E-state index in [-0.39, 0.29) is 5.91 Å². The maximum Gasteiger partial charge on any atom is 0.244 e. The van der Waals surface area contributed by atoms with Crippen LogP contribution in [0, 0.1) is 11.3 Å². The molecule has 3 rings (SSSR count). The molecule has 1 aliphatic heterocycles. The molecule has 1 fully saturated rings. The molecule has 0 bridgehead atoms. The number of carbonyl (C=O) groups is 1. The Morgan fingerprint density at radius 3 is 2.67 bits per heavy atom. The van der Waals surface area contributed by atoms with E-state index in [0.29, 0.717) is 12.1 Å². The summed E-state index contributed by atoms with van der Waals surface area (Å²) in [5.74, 6) is 0.806. The van der Waals surface area contributed by atoms with Crippen molar-refractivity contribution >= 4 is 17.8 Å². The fourth-order valence-electron chi connectivity index (χ4n) is 2.87. The molecule has 1 aliphatic rings. The molecule has 138 valence electrons. The Morgan fingerprint density at radius 2 is 1.96 bits per heavy atom. The predicted octanol–water partition coefficient (Wildman–Crippen LogP) is 2.03. The number of hydrogen-bond acceptors (Lipinski definition) is 5. The molecule has 6 nitrogen and oxygen atoms in total. The molecule has 1 amide bonds. The highest BCUT2D eigenvalue weighted by Gasteiger charge is 2.15. The Hall–Kier alpha value is -3.17. The SMILES string of the molecule is CN1CCN(c2cc(CNC(=O)C=Cc3ccc(C#N)cc3)ccn2)CC1. The van der Waals surface area contributed by atoms with E-state index in [1.54, 1.807) is 24.4 Å². The molecule has 2 aromatic rings. The number of nitrogens with one attached hydrogen (secondary N) is 1.